The Balaban J connectivity index is 2.34. The van der Waals surface area contributed by atoms with Crippen molar-refractivity contribution >= 4 is 0 Å². The number of nitrogens with zero attached hydrogens (tertiary/aromatic N) is 1. The third-order valence-corrected chi connectivity index (χ3v) is 2.37. The topological polar surface area (TPSA) is 17.0 Å². The first-order valence-electron chi connectivity index (χ1n) is 5.35. The number of alkyl halides is 3. The third kappa shape index (κ3) is 4.70. The molecule has 16 heavy (non-hydrogen) atoms. The van der Waals surface area contributed by atoms with E-state index in [0.29, 0.717) is 6.54 Å². The summed E-state index contributed by atoms with van der Waals surface area (Å²) in [5.74, 6) is 0. The van der Waals surface area contributed by atoms with Crippen LogP contribution in [0.3, 0.4) is 0 Å². The molecule has 0 saturated heterocycles. The van der Waals surface area contributed by atoms with Crippen molar-refractivity contribution in [2.45, 2.75) is 45.6 Å². The van der Waals surface area contributed by atoms with E-state index in [1.807, 2.05) is 30.0 Å². The van der Waals surface area contributed by atoms with Crippen LogP contribution in [0.1, 0.15) is 25.8 Å². The molecule has 0 bridgehead atoms. The Kier molecular flexibility index (Phi) is 4.41. The summed E-state index contributed by atoms with van der Waals surface area (Å²) >= 11 is 0. The fourth-order valence-electron chi connectivity index (χ4n) is 1.50. The van der Waals surface area contributed by atoms with Crippen molar-refractivity contribution in [1.29, 1.82) is 0 Å². The molecule has 0 aromatic carbocycles. The van der Waals surface area contributed by atoms with Crippen LogP contribution in [0.2, 0.25) is 0 Å². The summed E-state index contributed by atoms with van der Waals surface area (Å²) in [4.78, 5) is 0. The molecule has 0 fully saturated rings. The fourth-order valence-corrected chi connectivity index (χ4v) is 1.50. The lowest BCUT2D eigenvalue weighted by atomic mass is 10.2. The zero-order valence-corrected chi connectivity index (χ0v) is 9.51. The van der Waals surface area contributed by atoms with Gasteiger partial charge in [-0.1, -0.05) is 0 Å². The maximum absolute atomic E-state index is 12.0. The van der Waals surface area contributed by atoms with Gasteiger partial charge in [0.05, 0.1) is 6.42 Å². The van der Waals surface area contributed by atoms with Crippen LogP contribution in [0, 0.1) is 0 Å². The normalized spacial score (nSPS) is 14.1. The fraction of sp³-hybridized carbons (Fsp3) is 0.636. The van der Waals surface area contributed by atoms with E-state index in [-0.39, 0.29) is 0 Å². The minimum atomic E-state index is -4.10. The van der Waals surface area contributed by atoms with E-state index in [4.69, 9.17) is 0 Å². The summed E-state index contributed by atoms with van der Waals surface area (Å²) in [5.41, 5.74) is 1.01. The zero-order valence-electron chi connectivity index (χ0n) is 9.51. The van der Waals surface area contributed by atoms with Crippen LogP contribution in [0.5, 0.6) is 0 Å². The van der Waals surface area contributed by atoms with Crippen molar-refractivity contribution in [1.82, 2.24) is 9.88 Å². The quantitative estimate of drug-likeness (QED) is 0.828. The summed E-state index contributed by atoms with van der Waals surface area (Å²) in [6.45, 7) is 4.91. The molecule has 0 aliphatic heterocycles. The Morgan fingerprint density at radius 2 is 2.12 bits per heavy atom. The Bertz CT molecular complexity index is 317. The van der Waals surface area contributed by atoms with Crippen LogP contribution >= 0.6 is 0 Å². The first-order valence-corrected chi connectivity index (χ1v) is 5.35. The van der Waals surface area contributed by atoms with Crippen LogP contribution in [-0.4, -0.2) is 16.8 Å². The molecule has 0 radical (unpaired) electrons. The summed E-state index contributed by atoms with van der Waals surface area (Å²) in [6.07, 6.45) is -1.03. The van der Waals surface area contributed by atoms with Crippen LogP contribution in [0.4, 0.5) is 13.2 Å². The van der Waals surface area contributed by atoms with Gasteiger partial charge in [-0.3, -0.25) is 0 Å². The van der Waals surface area contributed by atoms with E-state index in [0.717, 1.165) is 12.1 Å². The molecule has 0 saturated carbocycles. The molecule has 2 nitrogen and oxygen atoms in total. The van der Waals surface area contributed by atoms with Gasteiger partial charge < -0.3 is 9.88 Å². The minimum absolute atomic E-state index is 0.476. The third-order valence-electron chi connectivity index (χ3n) is 2.37. The number of nitrogens with one attached hydrogen (secondary N) is 1. The molecule has 1 aromatic rings. The van der Waals surface area contributed by atoms with Crippen molar-refractivity contribution in [3.8, 4) is 0 Å². The number of hydrogen-bond donors (Lipinski definition) is 1. The predicted molar refractivity (Wildman–Crippen MR) is 57.1 cm³/mol. The maximum atomic E-state index is 12.0. The molecule has 0 spiro atoms. The molecular weight excluding hydrogens is 217 g/mol. The first-order chi connectivity index (χ1) is 7.40. The molecule has 0 aliphatic rings. The monoisotopic (exact) mass is 234 g/mol. The summed E-state index contributed by atoms with van der Waals surface area (Å²) in [5, 5.41) is 2.86. The lowest BCUT2D eigenvalue weighted by Crippen LogP contribution is -2.30. The van der Waals surface area contributed by atoms with Crippen molar-refractivity contribution < 1.29 is 13.2 Å². The molecular formula is C11H17F3N2. The van der Waals surface area contributed by atoms with E-state index in [9.17, 15) is 13.2 Å². The second-order valence-electron chi connectivity index (χ2n) is 3.95. The SMILES string of the molecule is CCn1ccc(CNC(C)CC(F)(F)F)c1. The van der Waals surface area contributed by atoms with E-state index in [1.165, 1.54) is 0 Å². The number of aromatic nitrogens is 1. The molecule has 1 heterocycles. The minimum Gasteiger partial charge on any atom is -0.354 e. The Labute approximate surface area is 93.5 Å². The van der Waals surface area contributed by atoms with E-state index < -0.39 is 18.6 Å². The predicted octanol–water partition coefficient (Wildman–Crippen LogP) is 2.94. The molecule has 1 N–H and O–H groups in total. The van der Waals surface area contributed by atoms with E-state index in [1.54, 1.807) is 6.92 Å². The molecule has 1 unspecified atom stereocenters. The molecule has 1 rings (SSSR count). The number of halogens is 3. The van der Waals surface area contributed by atoms with Gasteiger partial charge in [0.25, 0.3) is 0 Å². The Morgan fingerprint density at radius 1 is 1.44 bits per heavy atom. The van der Waals surface area contributed by atoms with Gasteiger partial charge in [-0.25, -0.2) is 0 Å². The molecule has 92 valence electrons. The summed E-state index contributed by atoms with van der Waals surface area (Å²) in [6, 6.07) is 1.36. The van der Waals surface area contributed by atoms with Crippen LogP contribution < -0.4 is 5.32 Å². The average molecular weight is 234 g/mol. The molecule has 1 aromatic heterocycles. The van der Waals surface area contributed by atoms with Crippen LogP contribution in [0.15, 0.2) is 18.5 Å². The van der Waals surface area contributed by atoms with Gasteiger partial charge in [0, 0.05) is 31.5 Å². The smallest absolute Gasteiger partial charge is 0.354 e. The highest BCUT2D eigenvalue weighted by Gasteiger charge is 2.29. The molecule has 1 atom stereocenters. The molecule has 0 amide bonds. The highest BCUT2D eigenvalue weighted by molar-refractivity contribution is 5.09. The van der Waals surface area contributed by atoms with Crippen LogP contribution in [0.25, 0.3) is 0 Å². The number of aryl methyl sites for hydroxylation is 1. The van der Waals surface area contributed by atoms with Crippen LogP contribution in [-0.2, 0) is 13.1 Å². The van der Waals surface area contributed by atoms with E-state index in [2.05, 4.69) is 5.32 Å². The van der Waals surface area contributed by atoms with E-state index >= 15 is 0 Å². The van der Waals surface area contributed by atoms with Crippen molar-refractivity contribution in [3.63, 3.8) is 0 Å². The second-order valence-corrected chi connectivity index (χ2v) is 3.95. The molecule has 0 aliphatic carbocycles. The summed E-state index contributed by atoms with van der Waals surface area (Å²) < 4.78 is 38.1. The van der Waals surface area contributed by atoms with Crippen molar-refractivity contribution in [2.24, 2.45) is 0 Å². The largest absolute Gasteiger partial charge is 0.390 e. The first kappa shape index (κ1) is 13.1. The van der Waals surface area contributed by atoms with Gasteiger partial charge in [0.1, 0.15) is 0 Å². The lowest BCUT2D eigenvalue weighted by Gasteiger charge is -2.15. The van der Waals surface area contributed by atoms with Gasteiger partial charge in [0.2, 0.25) is 0 Å². The molecule has 5 heteroatoms. The van der Waals surface area contributed by atoms with Gasteiger partial charge in [-0.15, -0.1) is 0 Å². The summed E-state index contributed by atoms with van der Waals surface area (Å²) in [7, 11) is 0. The van der Waals surface area contributed by atoms with Gasteiger partial charge >= 0.3 is 6.18 Å². The standard InChI is InChI=1S/C11H17F3N2/c1-3-16-5-4-10(8-16)7-15-9(2)6-11(12,13)14/h4-5,8-9,15H,3,6-7H2,1-2H3. The van der Waals surface area contributed by atoms with Crippen molar-refractivity contribution in [2.75, 3.05) is 0 Å². The van der Waals surface area contributed by atoms with Gasteiger partial charge in [-0.05, 0) is 25.5 Å². The Morgan fingerprint density at radius 3 is 2.62 bits per heavy atom. The average Bonchev–Trinajstić information content (AvgIpc) is 2.59. The highest BCUT2D eigenvalue weighted by Crippen LogP contribution is 2.21. The zero-order chi connectivity index (χ0) is 12.2. The van der Waals surface area contributed by atoms with Gasteiger partial charge in [0.15, 0.2) is 0 Å². The van der Waals surface area contributed by atoms with Crippen molar-refractivity contribution in [3.05, 3.63) is 24.0 Å². The number of rotatable bonds is 5. The lowest BCUT2D eigenvalue weighted by molar-refractivity contribution is -0.139. The second kappa shape index (κ2) is 5.39. The number of hydrogen-bond acceptors (Lipinski definition) is 1. The van der Waals surface area contributed by atoms with Gasteiger partial charge in [-0.2, -0.15) is 13.2 Å². The highest BCUT2D eigenvalue weighted by atomic mass is 19.4. The maximum Gasteiger partial charge on any atom is 0.390 e. The Hall–Kier alpha value is -0.970.